The van der Waals surface area contributed by atoms with Crippen LogP contribution in [0, 0.1) is 5.92 Å². The Labute approximate surface area is 113 Å². The zero-order valence-electron chi connectivity index (χ0n) is 11.3. The van der Waals surface area contributed by atoms with Crippen molar-refractivity contribution in [2.75, 3.05) is 5.73 Å². The highest BCUT2D eigenvalue weighted by molar-refractivity contribution is 5.61. The molecule has 4 heteroatoms. The minimum atomic E-state index is 0.558. The van der Waals surface area contributed by atoms with Gasteiger partial charge in [0.2, 0.25) is 0 Å². The molecule has 2 aromatic rings. The average molecular weight is 256 g/mol. The molecular formula is C15H20N4. The summed E-state index contributed by atoms with van der Waals surface area (Å²) in [4.78, 5) is 8.38. The monoisotopic (exact) mass is 256 g/mol. The summed E-state index contributed by atoms with van der Waals surface area (Å²) in [5.74, 6) is 1.36. The van der Waals surface area contributed by atoms with E-state index in [0.29, 0.717) is 11.9 Å². The van der Waals surface area contributed by atoms with E-state index >= 15 is 0 Å². The highest BCUT2D eigenvalue weighted by Gasteiger charge is 2.22. The summed E-state index contributed by atoms with van der Waals surface area (Å²) < 4.78 is 2.31. The lowest BCUT2D eigenvalue weighted by Crippen LogP contribution is -2.17. The number of imidazole rings is 1. The standard InChI is InChI=1S/C15H20N4/c1-11-3-2-4-13(7-11)19-10-17-9-14(19)12-5-6-18-15(16)8-12/h5-6,8-11,13H,2-4,7H2,1H3,(H2,16,18). The molecule has 2 atom stereocenters. The molecule has 0 saturated heterocycles. The fraction of sp³-hybridized carbons (Fsp3) is 0.467. The lowest BCUT2D eigenvalue weighted by Gasteiger charge is -2.29. The van der Waals surface area contributed by atoms with Crippen molar-refractivity contribution in [2.24, 2.45) is 5.92 Å². The first-order valence-corrected chi connectivity index (χ1v) is 6.98. The molecule has 1 aliphatic rings. The van der Waals surface area contributed by atoms with E-state index < -0.39 is 0 Å². The third-order valence-electron chi connectivity index (χ3n) is 4.05. The molecule has 19 heavy (non-hydrogen) atoms. The molecule has 2 aromatic heterocycles. The molecule has 2 unspecified atom stereocenters. The molecule has 1 aliphatic carbocycles. The number of hydrogen-bond acceptors (Lipinski definition) is 3. The second-order valence-corrected chi connectivity index (χ2v) is 5.58. The van der Waals surface area contributed by atoms with Crippen LogP contribution in [0.25, 0.3) is 11.3 Å². The van der Waals surface area contributed by atoms with Crippen molar-refractivity contribution in [3.63, 3.8) is 0 Å². The third kappa shape index (κ3) is 2.48. The van der Waals surface area contributed by atoms with Crippen molar-refractivity contribution in [1.82, 2.24) is 14.5 Å². The van der Waals surface area contributed by atoms with Crippen molar-refractivity contribution in [1.29, 1.82) is 0 Å². The van der Waals surface area contributed by atoms with Crippen LogP contribution in [0.15, 0.2) is 30.9 Å². The van der Waals surface area contributed by atoms with Gasteiger partial charge in [-0.1, -0.05) is 19.8 Å². The van der Waals surface area contributed by atoms with Crippen LogP contribution < -0.4 is 5.73 Å². The van der Waals surface area contributed by atoms with Crippen molar-refractivity contribution in [2.45, 2.75) is 38.6 Å². The van der Waals surface area contributed by atoms with Gasteiger partial charge in [-0.05, 0) is 30.9 Å². The van der Waals surface area contributed by atoms with Crippen LogP contribution in [0.1, 0.15) is 38.6 Å². The van der Waals surface area contributed by atoms with E-state index in [1.807, 2.05) is 24.7 Å². The normalized spacial score (nSPS) is 23.4. The molecule has 2 N–H and O–H groups in total. The van der Waals surface area contributed by atoms with E-state index in [2.05, 4.69) is 21.5 Å². The lowest BCUT2D eigenvalue weighted by atomic mass is 9.87. The van der Waals surface area contributed by atoms with Gasteiger partial charge in [0.25, 0.3) is 0 Å². The quantitative estimate of drug-likeness (QED) is 0.897. The number of pyridine rings is 1. The van der Waals surface area contributed by atoms with Crippen LogP contribution in [0.3, 0.4) is 0 Å². The molecule has 2 heterocycles. The zero-order chi connectivity index (χ0) is 13.2. The van der Waals surface area contributed by atoms with Gasteiger partial charge in [0, 0.05) is 17.8 Å². The molecule has 100 valence electrons. The molecule has 1 fully saturated rings. The van der Waals surface area contributed by atoms with E-state index in [1.165, 1.54) is 25.7 Å². The minimum absolute atomic E-state index is 0.558. The van der Waals surface area contributed by atoms with Gasteiger partial charge in [-0.3, -0.25) is 0 Å². The largest absolute Gasteiger partial charge is 0.384 e. The molecule has 0 spiro atoms. The second-order valence-electron chi connectivity index (χ2n) is 5.58. The van der Waals surface area contributed by atoms with Gasteiger partial charge in [0.1, 0.15) is 5.82 Å². The Morgan fingerprint density at radius 3 is 3.05 bits per heavy atom. The highest BCUT2D eigenvalue weighted by Crippen LogP contribution is 2.35. The van der Waals surface area contributed by atoms with Gasteiger partial charge >= 0.3 is 0 Å². The summed E-state index contributed by atoms with van der Waals surface area (Å²) in [5, 5.41) is 0. The smallest absolute Gasteiger partial charge is 0.123 e. The molecule has 0 aliphatic heterocycles. The first kappa shape index (κ1) is 12.2. The number of nitrogen functional groups attached to an aromatic ring is 1. The SMILES string of the molecule is CC1CCCC(n2cncc2-c2ccnc(N)c2)C1. The number of nitrogens with zero attached hydrogens (tertiary/aromatic N) is 3. The Bertz CT molecular complexity index is 561. The molecule has 1 saturated carbocycles. The van der Waals surface area contributed by atoms with Gasteiger partial charge in [-0.15, -0.1) is 0 Å². The Morgan fingerprint density at radius 1 is 1.37 bits per heavy atom. The topological polar surface area (TPSA) is 56.7 Å². The Hall–Kier alpha value is -1.84. The summed E-state index contributed by atoms with van der Waals surface area (Å²) >= 11 is 0. The first-order valence-electron chi connectivity index (χ1n) is 6.98. The second kappa shape index (κ2) is 5.03. The Morgan fingerprint density at radius 2 is 2.26 bits per heavy atom. The summed E-state index contributed by atoms with van der Waals surface area (Å²) in [6.45, 7) is 2.34. The van der Waals surface area contributed by atoms with Crippen LogP contribution in [0.2, 0.25) is 0 Å². The van der Waals surface area contributed by atoms with Gasteiger partial charge < -0.3 is 10.3 Å². The van der Waals surface area contributed by atoms with Crippen LogP contribution >= 0.6 is 0 Å². The summed E-state index contributed by atoms with van der Waals surface area (Å²) in [6.07, 6.45) is 10.8. The molecule has 0 amide bonds. The van der Waals surface area contributed by atoms with Crippen molar-refractivity contribution < 1.29 is 0 Å². The number of anilines is 1. The molecule has 0 aromatic carbocycles. The Balaban J connectivity index is 1.94. The van der Waals surface area contributed by atoms with Gasteiger partial charge in [0.15, 0.2) is 0 Å². The zero-order valence-corrected chi connectivity index (χ0v) is 11.3. The summed E-state index contributed by atoms with van der Waals surface area (Å²) in [5.41, 5.74) is 8.02. The van der Waals surface area contributed by atoms with Gasteiger partial charge in [-0.2, -0.15) is 0 Å². The summed E-state index contributed by atoms with van der Waals surface area (Å²) in [6, 6.07) is 4.48. The van der Waals surface area contributed by atoms with E-state index in [9.17, 15) is 0 Å². The van der Waals surface area contributed by atoms with Crippen molar-refractivity contribution in [3.8, 4) is 11.3 Å². The van der Waals surface area contributed by atoms with Crippen molar-refractivity contribution >= 4 is 5.82 Å². The fourth-order valence-electron chi connectivity index (χ4n) is 3.08. The number of hydrogen-bond donors (Lipinski definition) is 1. The van der Waals surface area contributed by atoms with Crippen LogP contribution in [-0.2, 0) is 0 Å². The first-order chi connectivity index (χ1) is 9.24. The molecule has 0 radical (unpaired) electrons. The third-order valence-corrected chi connectivity index (χ3v) is 4.05. The predicted molar refractivity (Wildman–Crippen MR) is 76.5 cm³/mol. The maximum absolute atomic E-state index is 5.77. The van der Waals surface area contributed by atoms with Gasteiger partial charge in [-0.25, -0.2) is 9.97 Å². The van der Waals surface area contributed by atoms with E-state index in [4.69, 9.17) is 5.73 Å². The molecule has 4 nitrogen and oxygen atoms in total. The van der Waals surface area contributed by atoms with Gasteiger partial charge in [0.05, 0.1) is 18.2 Å². The summed E-state index contributed by atoms with van der Waals surface area (Å²) in [7, 11) is 0. The average Bonchev–Trinajstić information content (AvgIpc) is 2.88. The van der Waals surface area contributed by atoms with Crippen LogP contribution in [0.5, 0.6) is 0 Å². The molecule has 3 rings (SSSR count). The van der Waals surface area contributed by atoms with Crippen LogP contribution in [0.4, 0.5) is 5.82 Å². The highest BCUT2D eigenvalue weighted by atomic mass is 15.1. The number of nitrogens with two attached hydrogens (primary N) is 1. The predicted octanol–water partition coefficient (Wildman–Crippen LogP) is 3.28. The maximum atomic E-state index is 5.77. The van der Waals surface area contributed by atoms with Crippen LogP contribution in [-0.4, -0.2) is 14.5 Å². The van der Waals surface area contributed by atoms with E-state index in [1.54, 1.807) is 6.20 Å². The van der Waals surface area contributed by atoms with E-state index in [-0.39, 0.29) is 0 Å². The van der Waals surface area contributed by atoms with Crippen molar-refractivity contribution in [3.05, 3.63) is 30.9 Å². The number of aromatic nitrogens is 3. The lowest BCUT2D eigenvalue weighted by molar-refractivity contribution is 0.284. The van der Waals surface area contributed by atoms with E-state index in [0.717, 1.165) is 17.2 Å². The molecular weight excluding hydrogens is 236 g/mol. The Kier molecular flexibility index (Phi) is 3.23. The maximum Gasteiger partial charge on any atom is 0.123 e. The molecule has 0 bridgehead atoms. The minimum Gasteiger partial charge on any atom is -0.384 e. The number of rotatable bonds is 2. The fourth-order valence-corrected chi connectivity index (χ4v) is 3.08.